The molecule has 0 bridgehead atoms. The topological polar surface area (TPSA) is 125 Å². The lowest BCUT2D eigenvalue weighted by Crippen LogP contribution is -2.35. The summed E-state index contributed by atoms with van der Waals surface area (Å²) in [6.45, 7) is 6.49. The molecule has 0 radical (unpaired) electrons. The van der Waals surface area contributed by atoms with Crippen molar-refractivity contribution in [3.63, 3.8) is 0 Å². The van der Waals surface area contributed by atoms with Crippen molar-refractivity contribution in [2.24, 2.45) is 5.92 Å². The molecule has 9 heteroatoms. The molecule has 150 valence electrons. The number of aryl methyl sites for hydroxylation is 1. The van der Waals surface area contributed by atoms with E-state index in [0.29, 0.717) is 31.6 Å². The molecule has 3 rings (SSSR count). The van der Waals surface area contributed by atoms with Crippen molar-refractivity contribution in [1.29, 1.82) is 0 Å². The van der Waals surface area contributed by atoms with Gasteiger partial charge in [0.25, 0.3) is 11.5 Å². The molecule has 1 fully saturated rings. The number of carbonyl (C=O) groups excluding carboxylic acids is 1. The maximum Gasteiger partial charge on any atom is 0.329 e. The lowest BCUT2D eigenvalue weighted by molar-refractivity contribution is -0.141. The highest BCUT2D eigenvalue weighted by molar-refractivity contribution is 6.05. The standard InChI is InChI=1S/C19H24N4O5/c1-4-6-23-15-14(16(24)21-19(23)28)12(8-13(20-15)10(2)3)17(25)22-7-5-11(9-22)18(26)27/h8,10-11H,4-7,9H2,1-3H3,(H,26,27)(H,21,24,28). The number of carboxylic acid groups (broad SMARTS) is 1. The molecule has 0 aromatic carbocycles. The molecule has 3 heterocycles. The summed E-state index contributed by atoms with van der Waals surface area (Å²) in [6.07, 6.45) is 1.03. The van der Waals surface area contributed by atoms with E-state index in [1.54, 1.807) is 6.07 Å². The number of aliphatic carboxylic acids is 1. The summed E-state index contributed by atoms with van der Waals surface area (Å²) >= 11 is 0. The molecule has 0 aliphatic carbocycles. The number of carboxylic acids is 1. The number of hydrogen-bond acceptors (Lipinski definition) is 5. The Balaban J connectivity index is 2.22. The molecular weight excluding hydrogens is 364 g/mol. The third kappa shape index (κ3) is 3.44. The SMILES string of the molecule is CCCn1c(=O)[nH]c(=O)c2c(C(=O)N3CCC(C(=O)O)C3)cc(C(C)C)nc21. The second-order valence-electron chi connectivity index (χ2n) is 7.43. The molecule has 0 spiro atoms. The number of hydrogen-bond donors (Lipinski definition) is 2. The van der Waals surface area contributed by atoms with Crippen molar-refractivity contribution < 1.29 is 14.7 Å². The van der Waals surface area contributed by atoms with E-state index in [9.17, 15) is 24.3 Å². The van der Waals surface area contributed by atoms with Crippen LogP contribution in [-0.2, 0) is 11.3 Å². The van der Waals surface area contributed by atoms with E-state index in [4.69, 9.17) is 0 Å². The van der Waals surface area contributed by atoms with Crippen LogP contribution in [0, 0.1) is 5.92 Å². The Morgan fingerprint density at radius 1 is 1.36 bits per heavy atom. The Kier molecular flexibility index (Phi) is 5.35. The van der Waals surface area contributed by atoms with Crippen LogP contribution < -0.4 is 11.2 Å². The van der Waals surface area contributed by atoms with E-state index in [1.807, 2.05) is 20.8 Å². The van der Waals surface area contributed by atoms with Crippen molar-refractivity contribution in [2.45, 2.75) is 46.1 Å². The highest BCUT2D eigenvalue weighted by atomic mass is 16.4. The van der Waals surface area contributed by atoms with Crippen molar-refractivity contribution >= 4 is 22.9 Å². The van der Waals surface area contributed by atoms with Gasteiger partial charge in [-0.2, -0.15) is 0 Å². The third-order valence-electron chi connectivity index (χ3n) is 5.06. The number of nitrogens with one attached hydrogen (secondary N) is 1. The van der Waals surface area contributed by atoms with Crippen LogP contribution in [0.3, 0.4) is 0 Å². The zero-order valence-electron chi connectivity index (χ0n) is 16.2. The first-order valence-electron chi connectivity index (χ1n) is 9.44. The number of aromatic amines is 1. The van der Waals surface area contributed by atoms with Gasteiger partial charge in [-0.15, -0.1) is 0 Å². The Labute approximate surface area is 161 Å². The average Bonchev–Trinajstić information content (AvgIpc) is 3.13. The maximum absolute atomic E-state index is 13.2. The molecule has 1 unspecified atom stereocenters. The van der Waals surface area contributed by atoms with Gasteiger partial charge in [0.05, 0.1) is 16.9 Å². The smallest absolute Gasteiger partial charge is 0.329 e. The Hall–Kier alpha value is -2.97. The predicted molar refractivity (Wildman–Crippen MR) is 103 cm³/mol. The van der Waals surface area contributed by atoms with E-state index in [0.717, 1.165) is 0 Å². The van der Waals surface area contributed by atoms with Crippen LogP contribution in [0.1, 0.15) is 55.6 Å². The molecule has 28 heavy (non-hydrogen) atoms. The van der Waals surface area contributed by atoms with Crippen LogP contribution in [0.5, 0.6) is 0 Å². The van der Waals surface area contributed by atoms with Gasteiger partial charge in [0.1, 0.15) is 0 Å². The fraction of sp³-hybridized carbons (Fsp3) is 0.526. The highest BCUT2D eigenvalue weighted by Gasteiger charge is 2.33. The maximum atomic E-state index is 13.2. The number of pyridine rings is 1. The minimum absolute atomic E-state index is 0.0224. The third-order valence-corrected chi connectivity index (χ3v) is 5.06. The van der Waals surface area contributed by atoms with Crippen LogP contribution in [-0.4, -0.2) is 49.5 Å². The van der Waals surface area contributed by atoms with Crippen LogP contribution in [0.25, 0.3) is 11.0 Å². The number of H-pyrrole nitrogens is 1. The normalized spacial score (nSPS) is 16.9. The molecule has 2 aromatic heterocycles. The van der Waals surface area contributed by atoms with Crippen molar-refractivity contribution in [1.82, 2.24) is 19.4 Å². The summed E-state index contributed by atoms with van der Waals surface area (Å²) < 4.78 is 1.38. The van der Waals surface area contributed by atoms with E-state index in [1.165, 1.54) is 9.47 Å². The minimum Gasteiger partial charge on any atom is -0.481 e. The number of rotatable bonds is 5. The van der Waals surface area contributed by atoms with E-state index in [2.05, 4.69) is 9.97 Å². The predicted octanol–water partition coefficient (Wildman–Crippen LogP) is 1.16. The van der Waals surface area contributed by atoms with Gasteiger partial charge in [-0.3, -0.25) is 23.9 Å². The summed E-state index contributed by atoms with van der Waals surface area (Å²) in [5.41, 5.74) is -0.268. The molecule has 9 nitrogen and oxygen atoms in total. The van der Waals surface area contributed by atoms with E-state index >= 15 is 0 Å². The van der Waals surface area contributed by atoms with Crippen LogP contribution in [0.2, 0.25) is 0 Å². The number of aromatic nitrogens is 3. The van der Waals surface area contributed by atoms with Crippen LogP contribution >= 0.6 is 0 Å². The molecule has 1 atom stereocenters. The monoisotopic (exact) mass is 388 g/mol. The summed E-state index contributed by atoms with van der Waals surface area (Å²) in [7, 11) is 0. The zero-order chi connectivity index (χ0) is 20.6. The van der Waals surface area contributed by atoms with Crippen molar-refractivity contribution in [3.8, 4) is 0 Å². The molecule has 1 saturated heterocycles. The Morgan fingerprint density at radius 3 is 2.64 bits per heavy atom. The van der Waals surface area contributed by atoms with Gasteiger partial charge in [-0.05, 0) is 24.8 Å². The number of nitrogens with zero attached hydrogens (tertiary/aromatic N) is 3. The number of carbonyl (C=O) groups is 2. The summed E-state index contributed by atoms with van der Waals surface area (Å²) in [6, 6.07) is 1.58. The van der Waals surface area contributed by atoms with Gasteiger partial charge in [-0.1, -0.05) is 20.8 Å². The first-order valence-corrected chi connectivity index (χ1v) is 9.44. The quantitative estimate of drug-likeness (QED) is 0.792. The molecule has 1 aliphatic heterocycles. The lowest BCUT2D eigenvalue weighted by atomic mass is 10.0. The first-order chi connectivity index (χ1) is 13.2. The molecule has 1 amide bonds. The van der Waals surface area contributed by atoms with Gasteiger partial charge < -0.3 is 10.0 Å². The fourth-order valence-electron chi connectivity index (χ4n) is 3.51. The number of amides is 1. The second-order valence-corrected chi connectivity index (χ2v) is 7.43. The van der Waals surface area contributed by atoms with Crippen LogP contribution in [0.15, 0.2) is 15.7 Å². The summed E-state index contributed by atoms with van der Waals surface area (Å²) in [4.78, 5) is 57.5. The van der Waals surface area contributed by atoms with Crippen molar-refractivity contribution in [2.75, 3.05) is 13.1 Å². The summed E-state index contributed by atoms with van der Waals surface area (Å²) in [5, 5.41) is 9.27. The fourth-order valence-corrected chi connectivity index (χ4v) is 3.51. The first kappa shape index (κ1) is 19.8. The largest absolute Gasteiger partial charge is 0.481 e. The van der Waals surface area contributed by atoms with Crippen LogP contribution in [0.4, 0.5) is 0 Å². The highest BCUT2D eigenvalue weighted by Crippen LogP contribution is 2.24. The number of fused-ring (bicyclic) bond motifs is 1. The number of likely N-dealkylation sites (tertiary alicyclic amines) is 1. The minimum atomic E-state index is -0.938. The van der Waals surface area contributed by atoms with Gasteiger partial charge >= 0.3 is 11.7 Å². The van der Waals surface area contributed by atoms with Gasteiger partial charge in [0.2, 0.25) is 0 Å². The Bertz CT molecular complexity index is 1050. The average molecular weight is 388 g/mol. The van der Waals surface area contributed by atoms with Gasteiger partial charge in [0, 0.05) is 25.3 Å². The van der Waals surface area contributed by atoms with Crippen molar-refractivity contribution in [3.05, 3.63) is 38.2 Å². The van der Waals surface area contributed by atoms with Gasteiger partial charge in [0.15, 0.2) is 5.65 Å². The molecule has 1 aliphatic rings. The van der Waals surface area contributed by atoms with E-state index in [-0.39, 0.29) is 29.1 Å². The zero-order valence-corrected chi connectivity index (χ0v) is 16.2. The van der Waals surface area contributed by atoms with Gasteiger partial charge in [-0.25, -0.2) is 9.78 Å². The molecule has 0 saturated carbocycles. The Morgan fingerprint density at radius 2 is 2.07 bits per heavy atom. The second kappa shape index (κ2) is 7.57. The van der Waals surface area contributed by atoms with E-state index < -0.39 is 29.0 Å². The summed E-state index contributed by atoms with van der Waals surface area (Å²) in [5.74, 6) is -1.98. The molecule has 2 aromatic rings. The molecular formula is C19H24N4O5. The lowest BCUT2D eigenvalue weighted by Gasteiger charge is -2.19. The molecule has 2 N–H and O–H groups in total.